The van der Waals surface area contributed by atoms with Gasteiger partial charge in [0.2, 0.25) is 0 Å². The van der Waals surface area contributed by atoms with Gasteiger partial charge in [-0.3, -0.25) is 0 Å². The lowest BCUT2D eigenvalue weighted by Gasteiger charge is -2.30. The van der Waals surface area contributed by atoms with Crippen molar-refractivity contribution >= 4 is 17.4 Å². The average molecular weight is 297 g/mol. The fourth-order valence-electron chi connectivity index (χ4n) is 2.78. The van der Waals surface area contributed by atoms with E-state index in [0.29, 0.717) is 6.54 Å². The quantitative estimate of drug-likeness (QED) is 0.797. The van der Waals surface area contributed by atoms with Gasteiger partial charge in [-0.25, -0.2) is 9.78 Å². The van der Waals surface area contributed by atoms with Crippen molar-refractivity contribution in [3.8, 4) is 0 Å². The van der Waals surface area contributed by atoms with E-state index < -0.39 is 0 Å². The third-order valence-corrected chi connectivity index (χ3v) is 5.09. The van der Waals surface area contributed by atoms with Crippen LogP contribution in [0.15, 0.2) is 0 Å². The van der Waals surface area contributed by atoms with Crippen LogP contribution in [0, 0.1) is 19.3 Å². The van der Waals surface area contributed by atoms with Gasteiger partial charge in [0.25, 0.3) is 0 Å². The third kappa shape index (κ3) is 3.30. The predicted molar refractivity (Wildman–Crippen MR) is 79.8 cm³/mol. The highest BCUT2D eigenvalue weighted by molar-refractivity contribution is 7.11. The van der Waals surface area contributed by atoms with Crippen molar-refractivity contribution < 1.29 is 9.90 Å². The Labute approximate surface area is 123 Å². The highest BCUT2D eigenvalue weighted by Crippen LogP contribution is 2.37. The molecule has 0 saturated heterocycles. The zero-order chi connectivity index (χ0) is 14.8. The van der Waals surface area contributed by atoms with Crippen molar-refractivity contribution in [3.63, 3.8) is 0 Å². The molecule has 2 atom stereocenters. The molecule has 0 aliphatic heterocycles. The molecule has 2 rings (SSSR count). The van der Waals surface area contributed by atoms with Gasteiger partial charge in [0, 0.05) is 16.3 Å². The van der Waals surface area contributed by atoms with E-state index in [0.717, 1.165) is 34.8 Å². The van der Waals surface area contributed by atoms with Crippen LogP contribution < -0.4 is 10.6 Å². The predicted octanol–water partition coefficient (Wildman–Crippen LogP) is 2.11. The van der Waals surface area contributed by atoms with Crippen LogP contribution in [0.1, 0.15) is 41.8 Å². The second-order valence-electron chi connectivity index (χ2n) is 5.82. The summed E-state index contributed by atoms with van der Waals surface area (Å²) >= 11 is 1.64. The summed E-state index contributed by atoms with van der Waals surface area (Å²) in [4.78, 5) is 17.5. The molecule has 3 N–H and O–H groups in total. The smallest absolute Gasteiger partial charge is 0.315 e. The number of hydrogen-bond donors (Lipinski definition) is 3. The lowest BCUT2D eigenvalue weighted by atomic mass is 9.86. The molecule has 1 aliphatic carbocycles. The summed E-state index contributed by atoms with van der Waals surface area (Å²) in [6.45, 7) is 6.57. The zero-order valence-electron chi connectivity index (χ0n) is 12.3. The fraction of sp³-hybridized carbons (Fsp3) is 0.714. The molecular weight excluding hydrogens is 274 g/mol. The number of urea groups is 1. The molecule has 1 aromatic rings. The van der Waals surface area contributed by atoms with Gasteiger partial charge < -0.3 is 15.7 Å². The van der Waals surface area contributed by atoms with Crippen LogP contribution in [0.4, 0.5) is 4.79 Å². The Morgan fingerprint density at radius 2 is 2.30 bits per heavy atom. The van der Waals surface area contributed by atoms with E-state index in [1.165, 1.54) is 0 Å². The maximum atomic E-state index is 12.0. The first-order valence-electron chi connectivity index (χ1n) is 7.03. The van der Waals surface area contributed by atoms with E-state index in [2.05, 4.69) is 15.6 Å². The van der Waals surface area contributed by atoms with E-state index in [9.17, 15) is 9.90 Å². The monoisotopic (exact) mass is 297 g/mol. The molecule has 1 aromatic heterocycles. The first kappa shape index (κ1) is 15.3. The van der Waals surface area contributed by atoms with Crippen molar-refractivity contribution in [2.75, 3.05) is 6.61 Å². The molecule has 112 valence electrons. The van der Waals surface area contributed by atoms with Gasteiger partial charge in [0.05, 0.1) is 23.9 Å². The normalized spacial score (nSPS) is 25.7. The summed E-state index contributed by atoms with van der Waals surface area (Å²) in [5.74, 6) is 0. The Bertz CT molecular complexity index is 489. The van der Waals surface area contributed by atoms with Gasteiger partial charge >= 0.3 is 6.03 Å². The summed E-state index contributed by atoms with van der Waals surface area (Å²) in [6.07, 6.45) is 2.94. The number of aromatic nitrogens is 1. The number of carbonyl (C=O) groups is 1. The number of carbonyl (C=O) groups excluding carboxylic acids is 1. The molecule has 5 nitrogen and oxygen atoms in total. The van der Waals surface area contributed by atoms with Crippen molar-refractivity contribution in [1.29, 1.82) is 0 Å². The molecule has 2 unspecified atom stereocenters. The minimum Gasteiger partial charge on any atom is -0.396 e. The van der Waals surface area contributed by atoms with E-state index in [-0.39, 0.29) is 24.1 Å². The molecule has 0 spiro atoms. The Kier molecular flexibility index (Phi) is 4.65. The fourth-order valence-corrected chi connectivity index (χ4v) is 3.61. The molecule has 0 aromatic carbocycles. The number of thiazole rings is 1. The summed E-state index contributed by atoms with van der Waals surface area (Å²) in [6, 6.07) is -0.132. The van der Waals surface area contributed by atoms with Gasteiger partial charge in [-0.05, 0) is 26.7 Å². The standard InChI is InChI=1S/C14H23N3O2S/c1-9-11(16-10(2)20-9)7-15-13(19)17-12-5-4-6-14(12,3)8-18/h12,18H,4-8H2,1-3H3,(H2,15,17,19). The highest BCUT2D eigenvalue weighted by Gasteiger charge is 2.39. The highest BCUT2D eigenvalue weighted by atomic mass is 32.1. The number of aryl methyl sites for hydroxylation is 2. The number of aliphatic hydroxyl groups is 1. The van der Waals surface area contributed by atoms with Crippen LogP contribution in [0.2, 0.25) is 0 Å². The van der Waals surface area contributed by atoms with Gasteiger partial charge in [-0.15, -0.1) is 11.3 Å². The van der Waals surface area contributed by atoms with Gasteiger partial charge in [-0.1, -0.05) is 13.3 Å². The zero-order valence-corrected chi connectivity index (χ0v) is 13.1. The van der Waals surface area contributed by atoms with Crippen molar-refractivity contribution in [1.82, 2.24) is 15.6 Å². The number of nitrogens with one attached hydrogen (secondary N) is 2. The lowest BCUT2D eigenvalue weighted by Crippen LogP contribution is -2.48. The number of amides is 2. The maximum absolute atomic E-state index is 12.0. The van der Waals surface area contributed by atoms with Crippen LogP contribution in [-0.4, -0.2) is 28.8 Å². The molecule has 1 heterocycles. The van der Waals surface area contributed by atoms with Crippen LogP contribution >= 0.6 is 11.3 Å². The Morgan fingerprint density at radius 3 is 2.90 bits per heavy atom. The SMILES string of the molecule is Cc1nc(CNC(=O)NC2CCCC2(C)CO)c(C)s1. The minimum atomic E-state index is -0.190. The van der Waals surface area contributed by atoms with Crippen LogP contribution in [0.3, 0.4) is 0 Å². The van der Waals surface area contributed by atoms with E-state index in [1.54, 1.807) is 11.3 Å². The van der Waals surface area contributed by atoms with Crippen molar-refractivity contribution in [2.45, 2.75) is 52.6 Å². The molecule has 20 heavy (non-hydrogen) atoms. The first-order valence-corrected chi connectivity index (χ1v) is 7.84. The summed E-state index contributed by atoms with van der Waals surface area (Å²) < 4.78 is 0. The van der Waals surface area contributed by atoms with Crippen LogP contribution in [0.5, 0.6) is 0 Å². The molecule has 0 radical (unpaired) electrons. The Morgan fingerprint density at radius 1 is 1.55 bits per heavy atom. The molecular formula is C14H23N3O2S. The van der Waals surface area contributed by atoms with Crippen LogP contribution in [-0.2, 0) is 6.54 Å². The van der Waals surface area contributed by atoms with E-state index in [1.807, 2.05) is 20.8 Å². The van der Waals surface area contributed by atoms with Gasteiger partial charge in [0.15, 0.2) is 0 Å². The molecule has 0 bridgehead atoms. The summed E-state index contributed by atoms with van der Waals surface area (Å²) in [5.41, 5.74) is 0.740. The number of hydrogen-bond acceptors (Lipinski definition) is 4. The third-order valence-electron chi connectivity index (χ3n) is 4.16. The lowest BCUT2D eigenvalue weighted by molar-refractivity contribution is 0.121. The number of nitrogens with zero attached hydrogens (tertiary/aromatic N) is 1. The van der Waals surface area contributed by atoms with Crippen molar-refractivity contribution in [3.05, 3.63) is 15.6 Å². The average Bonchev–Trinajstić information content (AvgIpc) is 2.91. The minimum absolute atomic E-state index is 0.0470. The number of aliphatic hydroxyl groups excluding tert-OH is 1. The van der Waals surface area contributed by atoms with Crippen molar-refractivity contribution in [2.24, 2.45) is 5.41 Å². The molecule has 6 heteroatoms. The van der Waals surface area contributed by atoms with E-state index in [4.69, 9.17) is 0 Å². The molecule has 2 amide bonds. The molecule has 1 aliphatic rings. The number of rotatable bonds is 4. The van der Waals surface area contributed by atoms with Gasteiger partial charge in [-0.2, -0.15) is 0 Å². The maximum Gasteiger partial charge on any atom is 0.315 e. The Hall–Kier alpha value is -1.14. The Balaban J connectivity index is 1.85. The van der Waals surface area contributed by atoms with Crippen LogP contribution in [0.25, 0.3) is 0 Å². The van der Waals surface area contributed by atoms with E-state index >= 15 is 0 Å². The second kappa shape index (κ2) is 6.10. The molecule has 1 saturated carbocycles. The summed E-state index contributed by atoms with van der Waals surface area (Å²) in [5, 5.41) is 16.3. The first-order chi connectivity index (χ1) is 9.44. The largest absolute Gasteiger partial charge is 0.396 e. The second-order valence-corrected chi connectivity index (χ2v) is 7.23. The molecule has 1 fully saturated rings. The topological polar surface area (TPSA) is 74.2 Å². The van der Waals surface area contributed by atoms with Gasteiger partial charge in [0.1, 0.15) is 0 Å². The summed E-state index contributed by atoms with van der Waals surface area (Å²) in [7, 11) is 0.